The molecule has 1 saturated heterocycles. The van der Waals surface area contributed by atoms with Crippen molar-refractivity contribution in [3.63, 3.8) is 0 Å². The van der Waals surface area contributed by atoms with E-state index in [2.05, 4.69) is 21.7 Å². The molecule has 1 rings (SSSR count). The van der Waals surface area contributed by atoms with Gasteiger partial charge in [0.05, 0.1) is 6.10 Å². The first-order valence-corrected chi connectivity index (χ1v) is 4.31. The maximum absolute atomic E-state index is 11.4. The molecule has 1 heterocycles. The monoisotopic (exact) mass is 200 g/mol. The van der Waals surface area contributed by atoms with E-state index in [4.69, 9.17) is 1.43 Å². The number of hydrogen-bond donors (Lipinski definition) is 2. The number of ether oxygens (including phenoxy) is 1. The normalized spacial score (nSPS) is 26.8. The summed E-state index contributed by atoms with van der Waals surface area (Å²) in [6.45, 7) is 5.24. The van der Waals surface area contributed by atoms with Crippen molar-refractivity contribution in [3.05, 3.63) is 12.2 Å². The standard InChI is InChI=1S/C9H13NO4/c1-5(2)8(12)14-9(13)7-3-6(11)4-10-7/h6-7,10-11H,1,3-4H2,2H3/t6-,7-/m0/s1/i11D. The number of hydrogen-bond acceptors (Lipinski definition) is 5. The van der Waals surface area contributed by atoms with Crippen molar-refractivity contribution < 1.29 is 19.4 Å². The second-order valence-corrected chi connectivity index (χ2v) is 3.31. The molecule has 0 spiro atoms. The Morgan fingerprint density at radius 1 is 1.71 bits per heavy atom. The van der Waals surface area contributed by atoms with E-state index in [1.165, 1.54) is 6.92 Å². The SMILES string of the molecule is [2H]O[C@@H]1CN[C@H](C(=O)OC(=O)C(=C)C)C1. The molecule has 0 amide bonds. The Kier molecular flexibility index (Phi) is 2.90. The van der Waals surface area contributed by atoms with Crippen LogP contribution in [0, 0.1) is 0 Å². The topological polar surface area (TPSA) is 75.6 Å². The number of aliphatic hydroxyl groups excluding tert-OH is 1. The van der Waals surface area contributed by atoms with Crippen LogP contribution in [0.4, 0.5) is 0 Å². The lowest BCUT2D eigenvalue weighted by Crippen LogP contribution is -2.33. The van der Waals surface area contributed by atoms with Crippen LogP contribution in [0.25, 0.3) is 0 Å². The lowest BCUT2D eigenvalue weighted by molar-refractivity contribution is -0.158. The molecule has 2 atom stereocenters. The summed E-state index contributed by atoms with van der Waals surface area (Å²) in [5.41, 5.74) is 0.176. The predicted molar refractivity (Wildman–Crippen MR) is 48.3 cm³/mol. The molecule has 0 aromatic rings. The lowest BCUT2D eigenvalue weighted by Gasteiger charge is -2.07. The van der Waals surface area contributed by atoms with Gasteiger partial charge in [0.15, 0.2) is 0 Å². The Labute approximate surface area is 83.2 Å². The average molecular weight is 200 g/mol. The van der Waals surface area contributed by atoms with Crippen LogP contribution in [0.3, 0.4) is 0 Å². The molecular formula is C9H13NO4. The number of rotatable bonds is 3. The van der Waals surface area contributed by atoms with Crippen molar-refractivity contribution in [3.8, 4) is 0 Å². The summed E-state index contributed by atoms with van der Waals surface area (Å²) in [4.78, 5) is 22.4. The number of β-amino-alcohol motifs (C(OH)–C–C–N with tert-alkyl or cyclic N) is 1. The zero-order valence-corrected chi connectivity index (χ0v) is 7.91. The molecule has 5 heteroatoms. The maximum Gasteiger partial charge on any atom is 0.340 e. The first kappa shape index (κ1) is 9.36. The Morgan fingerprint density at radius 3 is 2.93 bits per heavy atom. The smallest absolute Gasteiger partial charge is 0.340 e. The highest BCUT2D eigenvalue weighted by atomic mass is 16.6. The third kappa shape index (κ3) is 2.65. The average Bonchev–Trinajstić information content (AvgIpc) is 2.65. The molecule has 0 aromatic carbocycles. The highest BCUT2D eigenvalue weighted by molar-refractivity contribution is 5.96. The van der Waals surface area contributed by atoms with Gasteiger partial charge in [-0.1, -0.05) is 6.58 Å². The minimum Gasteiger partial charge on any atom is -0.392 e. The second kappa shape index (κ2) is 4.34. The van der Waals surface area contributed by atoms with Crippen molar-refractivity contribution in [1.82, 2.24) is 5.32 Å². The van der Waals surface area contributed by atoms with E-state index < -0.39 is 18.0 Å². The van der Waals surface area contributed by atoms with Gasteiger partial charge >= 0.3 is 11.9 Å². The number of esters is 2. The third-order valence-corrected chi connectivity index (χ3v) is 1.92. The van der Waals surface area contributed by atoms with E-state index in [1.54, 1.807) is 0 Å². The summed E-state index contributed by atoms with van der Waals surface area (Å²) in [7, 11) is 0. The molecule has 14 heavy (non-hydrogen) atoms. The van der Waals surface area contributed by atoms with Gasteiger partial charge in [-0.05, 0) is 6.92 Å². The molecular weight excluding hydrogens is 186 g/mol. The highest BCUT2D eigenvalue weighted by Gasteiger charge is 2.30. The van der Waals surface area contributed by atoms with Crippen LogP contribution in [0.2, 0.25) is 0 Å². The van der Waals surface area contributed by atoms with Crippen molar-refractivity contribution in [2.45, 2.75) is 25.5 Å². The predicted octanol–water partition coefficient (Wildman–Crippen LogP) is -0.645. The van der Waals surface area contributed by atoms with Crippen LogP contribution in [0.5, 0.6) is 0 Å². The quantitative estimate of drug-likeness (QED) is 0.360. The molecule has 0 bridgehead atoms. The fourth-order valence-corrected chi connectivity index (χ4v) is 1.13. The number of carbonyl (C=O) groups is 2. The van der Waals surface area contributed by atoms with Crippen molar-refractivity contribution in [2.75, 3.05) is 6.54 Å². The van der Waals surface area contributed by atoms with Gasteiger partial charge in [0.1, 0.15) is 6.04 Å². The Bertz CT molecular complexity index is 292. The zero-order valence-electron chi connectivity index (χ0n) is 8.91. The summed E-state index contributed by atoms with van der Waals surface area (Å²) in [6, 6.07) is -0.580. The third-order valence-electron chi connectivity index (χ3n) is 1.92. The van der Waals surface area contributed by atoms with Gasteiger partial charge in [0.2, 0.25) is 1.43 Å². The Morgan fingerprint density at radius 2 is 2.43 bits per heavy atom. The first-order valence-electron chi connectivity index (χ1n) is 4.72. The van der Waals surface area contributed by atoms with E-state index in [9.17, 15) is 9.59 Å². The van der Waals surface area contributed by atoms with Crippen LogP contribution in [0.1, 0.15) is 13.3 Å². The zero-order chi connectivity index (χ0) is 11.4. The van der Waals surface area contributed by atoms with E-state index in [1.807, 2.05) is 0 Å². The highest BCUT2D eigenvalue weighted by Crippen LogP contribution is 2.08. The number of nitrogens with one attached hydrogen (secondary N) is 1. The van der Waals surface area contributed by atoms with Crippen LogP contribution >= 0.6 is 0 Å². The molecule has 0 radical (unpaired) electrons. The minimum atomic E-state index is -0.725. The molecule has 0 unspecified atom stereocenters. The molecule has 5 nitrogen and oxygen atoms in total. The first-order chi connectivity index (χ1) is 7.04. The van der Waals surface area contributed by atoms with Crippen LogP contribution in [-0.4, -0.2) is 37.2 Å². The summed E-state index contributed by atoms with van der Waals surface area (Å²) in [5, 5.41) is 7.12. The molecule has 1 fully saturated rings. The van der Waals surface area contributed by atoms with Crippen LogP contribution < -0.4 is 5.32 Å². The van der Waals surface area contributed by atoms with E-state index in [-0.39, 0.29) is 11.7 Å². The molecule has 2 N–H and O–H groups in total. The van der Waals surface area contributed by atoms with Gasteiger partial charge in [-0.25, -0.2) is 9.59 Å². The number of aliphatic hydroxyl groups is 1. The summed E-state index contributed by atoms with van der Waals surface area (Å²) in [6.07, 6.45) is 0.00805. The van der Waals surface area contributed by atoms with Gasteiger partial charge < -0.3 is 15.2 Å². The molecule has 0 aromatic heterocycles. The largest absolute Gasteiger partial charge is 0.392 e. The summed E-state index contributed by atoms with van der Waals surface area (Å²) >= 11 is 0. The minimum absolute atomic E-state index is 0.176. The van der Waals surface area contributed by atoms with Crippen molar-refractivity contribution >= 4 is 11.9 Å². The second-order valence-electron chi connectivity index (χ2n) is 3.31. The van der Waals surface area contributed by atoms with Gasteiger partial charge in [-0.3, -0.25) is 0 Å². The Balaban J connectivity index is 2.42. The van der Waals surface area contributed by atoms with Gasteiger partial charge in [0, 0.05) is 18.5 Å². The van der Waals surface area contributed by atoms with Gasteiger partial charge in [-0.15, -0.1) is 0 Å². The van der Waals surface area contributed by atoms with Gasteiger partial charge in [-0.2, -0.15) is 0 Å². The maximum atomic E-state index is 11.4. The van der Waals surface area contributed by atoms with E-state index >= 15 is 0 Å². The lowest BCUT2D eigenvalue weighted by atomic mass is 10.2. The number of carbonyl (C=O) groups excluding carboxylic acids is 2. The van der Waals surface area contributed by atoms with E-state index in [0.29, 0.717) is 13.0 Å². The molecule has 1 aliphatic rings. The summed E-state index contributed by atoms with van der Waals surface area (Å²) < 4.78 is 11.2. The van der Waals surface area contributed by atoms with Crippen molar-refractivity contribution in [1.29, 1.82) is 1.43 Å². The molecule has 78 valence electrons. The van der Waals surface area contributed by atoms with Crippen molar-refractivity contribution in [2.24, 2.45) is 0 Å². The fraction of sp³-hybridized carbons (Fsp3) is 0.556. The van der Waals surface area contributed by atoms with Crippen LogP contribution in [0.15, 0.2) is 12.2 Å². The van der Waals surface area contributed by atoms with E-state index in [0.717, 1.165) is 0 Å². The summed E-state index contributed by atoms with van der Waals surface area (Å²) in [5.74, 6) is -1.38. The molecule has 1 aliphatic heterocycles. The Hall–Kier alpha value is -1.20. The van der Waals surface area contributed by atoms with Crippen LogP contribution in [-0.2, 0) is 14.3 Å². The molecule has 0 aliphatic carbocycles. The van der Waals surface area contributed by atoms with Gasteiger partial charge in [0.25, 0.3) is 0 Å². The molecule has 0 saturated carbocycles. The fourth-order valence-electron chi connectivity index (χ4n) is 1.13.